The van der Waals surface area contributed by atoms with Crippen molar-refractivity contribution in [2.24, 2.45) is 5.73 Å². The molecule has 1 amide bonds. The Hall–Kier alpha value is -3.26. The minimum absolute atomic E-state index is 0.00252. The largest absolute Gasteiger partial charge is 0.491 e. The highest BCUT2D eigenvalue weighted by Crippen LogP contribution is 2.30. The second kappa shape index (κ2) is 8.21. The number of amides is 1. The van der Waals surface area contributed by atoms with Crippen LogP contribution in [0, 0.1) is 0 Å². The number of nitrogens with one attached hydrogen (secondary N) is 1. The van der Waals surface area contributed by atoms with Crippen LogP contribution in [-0.4, -0.2) is 28.0 Å². The van der Waals surface area contributed by atoms with E-state index in [1.165, 1.54) is 37.8 Å². The third-order valence-electron chi connectivity index (χ3n) is 3.15. The van der Waals surface area contributed by atoms with Crippen LogP contribution in [0.5, 0.6) is 5.75 Å². The fraction of sp³-hybridized carbons (Fsp3) is 0.0588. The van der Waals surface area contributed by atoms with E-state index in [4.69, 9.17) is 22.1 Å². The van der Waals surface area contributed by atoms with Crippen LogP contribution in [0.25, 0.3) is 5.57 Å². The van der Waals surface area contributed by atoms with Crippen LogP contribution in [0.1, 0.15) is 16.2 Å². The maximum absolute atomic E-state index is 13.8. The van der Waals surface area contributed by atoms with Gasteiger partial charge in [-0.3, -0.25) is 9.78 Å². The van der Waals surface area contributed by atoms with Crippen molar-refractivity contribution < 1.29 is 13.9 Å². The molecule has 0 aromatic carbocycles. The number of halogens is 2. The number of aromatic nitrogens is 3. The van der Waals surface area contributed by atoms with Gasteiger partial charge in [0.15, 0.2) is 17.4 Å². The van der Waals surface area contributed by atoms with Gasteiger partial charge in [-0.25, -0.2) is 14.4 Å². The van der Waals surface area contributed by atoms with Gasteiger partial charge in [-0.1, -0.05) is 24.8 Å². The van der Waals surface area contributed by atoms with E-state index in [0.29, 0.717) is 5.69 Å². The summed E-state index contributed by atoms with van der Waals surface area (Å²) in [5, 5.41) is 2.99. The van der Waals surface area contributed by atoms with E-state index in [-0.39, 0.29) is 33.6 Å². The summed E-state index contributed by atoms with van der Waals surface area (Å²) in [6.45, 7) is 6.73. The molecule has 0 spiro atoms. The van der Waals surface area contributed by atoms with Crippen molar-refractivity contribution in [3.05, 3.63) is 66.1 Å². The van der Waals surface area contributed by atoms with Gasteiger partial charge in [-0.15, -0.1) is 0 Å². The number of pyridine rings is 1. The Kier molecular flexibility index (Phi) is 6.03. The second-order valence-corrected chi connectivity index (χ2v) is 5.42. The minimum atomic E-state index is -0.787. The molecule has 2 heterocycles. The first-order valence-corrected chi connectivity index (χ1v) is 7.54. The Morgan fingerprint density at radius 3 is 2.73 bits per heavy atom. The fourth-order valence-electron chi connectivity index (χ4n) is 1.99. The zero-order valence-electron chi connectivity index (χ0n) is 13.8. The monoisotopic (exact) mass is 375 g/mol. The molecule has 0 aliphatic heterocycles. The van der Waals surface area contributed by atoms with Crippen LogP contribution in [0.3, 0.4) is 0 Å². The van der Waals surface area contributed by atoms with Crippen LogP contribution in [-0.2, 0) is 0 Å². The predicted octanol–water partition coefficient (Wildman–Crippen LogP) is 3.34. The summed E-state index contributed by atoms with van der Waals surface area (Å²) in [6, 6.07) is 1.53. The standard InChI is InChI=1S/C17H15ClFN5O2/c1-9(18)6-11(10(2)19)16-22-8-14(26-3)17(24-16)23-13-4-5-21-7-12(13)15(20)25/h4-8H,1-2H2,3H3,(H2,20,25)(H,21,22,23,24)/b11-6+. The van der Waals surface area contributed by atoms with Gasteiger partial charge in [0, 0.05) is 17.4 Å². The molecule has 2 aromatic heterocycles. The number of rotatable bonds is 7. The topological polar surface area (TPSA) is 103 Å². The second-order valence-electron chi connectivity index (χ2n) is 4.93. The summed E-state index contributed by atoms with van der Waals surface area (Å²) in [4.78, 5) is 23.6. The molecule has 0 saturated heterocycles. The number of ether oxygens (including phenoxy) is 1. The number of allylic oxidation sites excluding steroid dienone is 4. The SMILES string of the molecule is C=C(Cl)/C=C(\C(=C)F)c1ncc(OC)c(Nc2ccncc2C(N)=O)n1. The predicted molar refractivity (Wildman–Crippen MR) is 97.8 cm³/mol. The van der Waals surface area contributed by atoms with Gasteiger partial charge in [0.05, 0.1) is 30.1 Å². The Morgan fingerprint density at radius 2 is 2.15 bits per heavy atom. The Morgan fingerprint density at radius 1 is 1.42 bits per heavy atom. The lowest BCUT2D eigenvalue weighted by Crippen LogP contribution is -2.14. The quantitative estimate of drug-likeness (QED) is 0.719. The van der Waals surface area contributed by atoms with E-state index in [1.807, 2.05) is 0 Å². The summed E-state index contributed by atoms with van der Waals surface area (Å²) in [5.41, 5.74) is 5.79. The molecule has 0 radical (unpaired) electrons. The molecule has 134 valence electrons. The highest BCUT2D eigenvalue weighted by atomic mass is 35.5. The van der Waals surface area contributed by atoms with Crippen molar-refractivity contribution in [1.82, 2.24) is 15.0 Å². The van der Waals surface area contributed by atoms with Crippen molar-refractivity contribution in [2.45, 2.75) is 0 Å². The van der Waals surface area contributed by atoms with E-state index < -0.39 is 11.7 Å². The molecular formula is C17H15ClFN5O2. The Bertz CT molecular complexity index is 914. The van der Waals surface area contributed by atoms with Gasteiger partial charge < -0.3 is 15.8 Å². The van der Waals surface area contributed by atoms with Gasteiger partial charge in [0.2, 0.25) is 0 Å². The molecule has 2 aromatic rings. The molecule has 3 N–H and O–H groups in total. The van der Waals surface area contributed by atoms with E-state index in [2.05, 4.69) is 33.4 Å². The van der Waals surface area contributed by atoms with E-state index in [1.54, 1.807) is 0 Å². The third-order valence-corrected chi connectivity index (χ3v) is 3.26. The molecule has 9 heteroatoms. The normalized spacial score (nSPS) is 11.0. The zero-order valence-corrected chi connectivity index (χ0v) is 14.5. The van der Waals surface area contributed by atoms with E-state index in [9.17, 15) is 9.18 Å². The number of nitrogens with zero attached hydrogens (tertiary/aromatic N) is 3. The van der Waals surface area contributed by atoms with Crippen molar-refractivity contribution >= 4 is 34.6 Å². The number of nitrogens with two attached hydrogens (primary N) is 1. The molecule has 0 aliphatic rings. The number of hydrogen-bond acceptors (Lipinski definition) is 6. The van der Waals surface area contributed by atoms with Crippen LogP contribution in [0.4, 0.5) is 15.9 Å². The lowest BCUT2D eigenvalue weighted by molar-refractivity contribution is 0.100. The van der Waals surface area contributed by atoms with Crippen molar-refractivity contribution in [3.8, 4) is 5.75 Å². The summed E-state index contributed by atoms with van der Waals surface area (Å²) in [7, 11) is 1.41. The molecule has 2 rings (SSSR count). The number of carbonyl (C=O) groups is 1. The summed E-state index contributed by atoms with van der Waals surface area (Å²) >= 11 is 5.72. The Labute approximate surface area is 154 Å². The highest BCUT2D eigenvalue weighted by Gasteiger charge is 2.16. The fourth-order valence-corrected chi connectivity index (χ4v) is 2.10. The first kappa shape index (κ1) is 19.1. The minimum Gasteiger partial charge on any atom is -0.491 e. The average Bonchev–Trinajstić information content (AvgIpc) is 2.59. The van der Waals surface area contributed by atoms with E-state index in [0.717, 1.165) is 0 Å². The van der Waals surface area contributed by atoms with Crippen LogP contribution in [0.2, 0.25) is 0 Å². The zero-order chi connectivity index (χ0) is 19.3. The van der Waals surface area contributed by atoms with Crippen LogP contribution < -0.4 is 15.8 Å². The third kappa shape index (κ3) is 4.42. The molecule has 0 unspecified atom stereocenters. The van der Waals surface area contributed by atoms with Gasteiger partial charge in [-0.2, -0.15) is 0 Å². The number of primary amides is 1. The van der Waals surface area contributed by atoms with Gasteiger partial charge in [-0.05, 0) is 12.1 Å². The molecular weight excluding hydrogens is 361 g/mol. The molecule has 26 heavy (non-hydrogen) atoms. The number of methoxy groups -OCH3 is 1. The molecule has 0 bridgehead atoms. The smallest absolute Gasteiger partial charge is 0.252 e. The summed E-state index contributed by atoms with van der Waals surface area (Å²) in [5.74, 6) is -1.03. The summed E-state index contributed by atoms with van der Waals surface area (Å²) < 4.78 is 19.0. The molecule has 7 nitrogen and oxygen atoms in total. The number of hydrogen-bond donors (Lipinski definition) is 2. The van der Waals surface area contributed by atoms with E-state index >= 15 is 0 Å². The van der Waals surface area contributed by atoms with Crippen molar-refractivity contribution in [1.29, 1.82) is 0 Å². The van der Waals surface area contributed by atoms with Crippen molar-refractivity contribution in [2.75, 3.05) is 12.4 Å². The van der Waals surface area contributed by atoms with Crippen LogP contribution in [0.15, 0.2) is 54.7 Å². The highest BCUT2D eigenvalue weighted by molar-refractivity contribution is 6.31. The molecule has 0 fully saturated rings. The lowest BCUT2D eigenvalue weighted by Gasteiger charge is -2.13. The first-order chi connectivity index (χ1) is 12.3. The molecule has 0 saturated carbocycles. The Balaban J connectivity index is 2.54. The summed E-state index contributed by atoms with van der Waals surface area (Å²) in [6.07, 6.45) is 5.36. The average molecular weight is 376 g/mol. The maximum atomic E-state index is 13.8. The molecule has 0 aliphatic carbocycles. The van der Waals surface area contributed by atoms with Gasteiger partial charge in [0.1, 0.15) is 5.83 Å². The van der Waals surface area contributed by atoms with Crippen LogP contribution >= 0.6 is 11.6 Å². The molecule has 0 atom stereocenters. The first-order valence-electron chi connectivity index (χ1n) is 7.16. The van der Waals surface area contributed by atoms with Crippen molar-refractivity contribution in [3.63, 3.8) is 0 Å². The van der Waals surface area contributed by atoms with Gasteiger partial charge in [0.25, 0.3) is 5.91 Å². The number of anilines is 2. The lowest BCUT2D eigenvalue weighted by atomic mass is 10.2. The van der Waals surface area contributed by atoms with Gasteiger partial charge >= 0.3 is 0 Å². The maximum Gasteiger partial charge on any atom is 0.252 e. The number of carbonyl (C=O) groups excluding carboxylic acids is 1.